The second kappa shape index (κ2) is 6.95. The molecule has 0 aliphatic carbocycles. The van der Waals surface area contributed by atoms with Gasteiger partial charge in [-0.15, -0.1) is 0 Å². The summed E-state index contributed by atoms with van der Waals surface area (Å²) >= 11 is 0. The Kier molecular flexibility index (Phi) is 4.13. The van der Waals surface area contributed by atoms with Crippen LogP contribution in [0.3, 0.4) is 0 Å². The minimum absolute atomic E-state index is 0.723. The van der Waals surface area contributed by atoms with E-state index in [-0.39, 0.29) is 0 Å². The molecule has 0 N–H and O–H groups in total. The zero-order chi connectivity index (χ0) is 19.8. The molecule has 142 valence electrons. The van der Waals surface area contributed by atoms with Crippen LogP contribution in [0.25, 0.3) is 38.8 Å². The van der Waals surface area contributed by atoms with Crippen molar-refractivity contribution in [2.45, 2.75) is 0 Å². The van der Waals surface area contributed by atoms with Gasteiger partial charge in [0.1, 0.15) is 11.5 Å². The fourth-order valence-electron chi connectivity index (χ4n) is 3.81. The van der Waals surface area contributed by atoms with Crippen molar-refractivity contribution in [1.82, 2.24) is 14.5 Å². The van der Waals surface area contributed by atoms with E-state index in [1.165, 1.54) is 5.39 Å². The molecule has 5 rings (SSSR count). The lowest BCUT2D eigenvalue weighted by atomic mass is 10.1. The van der Waals surface area contributed by atoms with E-state index in [0.717, 1.165) is 44.9 Å². The van der Waals surface area contributed by atoms with Crippen LogP contribution in [-0.4, -0.2) is 28.8 Å². The normalized spacial score (nSPS) is 11.1. The number of rotatable bonds is 4. The topological polar surface area (TPSA) is 49.2 Å². The second-order valence-electron chi connectivity index (χ2n) is 6.71. The first-order valence-corrected chi connectivity index (χ1v) is 9.32. The van der Waals surface area contributed by atoms with E-state index < -0.39 is 0 Å². The Bertz CT molecular complexity index is 1290. The van der Waals surface area contributed by atoms with E-state index in [0.29, 0.717) is 0 Å². The van der Waals surface area contributed by atoms with E-state index in [1.54, 1.807) is 14.2 Å². The van der Waals surface area contributed by atoms with E-state index in [9.17, 15) is 0 Å². The van der Waals surface area contributed by atoms with Crippen LogP contribution in [0.5, 0.6) is 11.5 Å². The van der Waals surface area contributed by atoms with E-state index in [1.807, 2.05) is 48.9 Å². The molecule has 29 heavy (non-hydrogen) atoms. The number of para-hydroxylation sites is 1. The highest BCUT2D eigenvalue weighted by Gasteiger charge is 2.14. The SMILES string of the molecule is COc1ccc(-c2cc(-n3c4ccccc4c4cnccc43)ccn2)c(OC)c1. The van der Waals surface area contributed by atoms with Gasteiger partial charge in [0.25, 0.3) is 0 Å². The molecule has 2 aromatic carbocycles. The first-order valence-electron chi connectivity index (χ1n) is 9.32. The van der Waals surface area contributed by atoms with Crippen LogP contribution in [0, 0.1) is 0 Å². The molecule has 0 aliphatic rings. The molecule has 0 bridgehead atoms. The monoisotopic (exact) mass is 381 g/mol. The van der Waals surface area contributed by atoms with Gasteiger partial charge in [-0.2, -0.15) is 0 Å². The van der Waals surface area contributed by atoms with Crippen molar-refractivity contribution >= 4 is 21.8 Å². The van der Waals surface area contributed by atoms with Crippen molar-refractivity contribution in [3.63, 3.8) is 0 Å². The van der Waals surface area contributed by atoms with Crippen molar-refractivity contribution in [2.24, 2.45) is 0 Å². The number of ether oxygens (including phenoxy) is 2. The lowest BCUT2D eigenvalue weighted by Crippen LogP contribution is -1.97. The molecule has 3 aromatic heterocycles. The molecule has 0 radical (unpaired) electrons. The zero-order valence-corrected chi connectivity index (χ0v) is 16.2. The Balaban J connectivity index is 1.74. The number of pyridine rings is 2. The average Bonchev–Trinajstić information content (AvgIpc) is 3.13. The van der Waals surface area contributed by atoms with E-state index >= 15 is 0 Å². The predicted molar refractivity (Wildman–Crippen MR) is 115 cm³/mol. The summed E-state index contributed by atoms with van der Waals surface area (Å²) in [5.41, 5.74) is 5.03. The summed E-state index contributed by atoms with van der Waals surface area (Å²) in [6, 6.07) is 20.3. The molecule has 0 aliphatic heterocycles. The maximum absolute atomic E-state index is 5.58. The van der Waals surface area contributed by atoms with E-state index in [4.69, 9.17) is 9.47 Å². The van der Waals surface area contributed by atoms with E-state index in [2.05, 4.69) is 44.9 Å². The van der Waals surface area contributed by atoms with Crippen LogP contribution in [-0.2, 0) is 0 Å². The van der Waals surface area contributed by atoms with Gasteiger partial charge in [0.15, 0.2) is 0 Å². The first-order chi connectivity index (χ1) is 14.3. The molecular weight excluding hydrogens is 362 g/mol. The summed E-state index contributed by atoms with van der Waals surface area (Å²) in [4.78, 5) is 8.92. The standard InChI is InChI=1S/C24H19N3O2/c1-28-17-7-8-19(24(14-17)29-2)21-13-16(9-12-26-21)27-22-6-4-3-5-18(22)20-15-25-11-10-23(20)27/h3-15H,1-2H3. The van der Waals surface area contributed by atoms with Gasteiger partial charge in [-0.3, -0.25) is 9.97 Å². The van der Waals surface area contributed by atoms with Crippen molar-refractivity contribution in [3.8, 4) is 28.4 Å². The van der Waals surface area contributed by atoms with Gasteiger partial charge in [0.2, 0.25) is 0 Å². The van der Waals surface area contributed by atoms with Crippen LogP contribution in [0.15, 0.2) is 79.3 Å². The Hall–Kier alpha value is -3.86. The first kappa shape index (κ1) is 17.3. The fraction of sp³-hybridized carbons (Fsp3) is 0.0833. The molecule has 0 saturated carbocycles. The third-order valence-electron chi connectivity index (χ3n) is 5.16. The van der Waals surface area contributed by atoms with Gasteiger partial charge in [-0.25, -0.2) is 0 Å². The predicted octanol–water partition coefficient (Wildman–Crippen LogP) is 5.26. The quantitative estimate of drug-likeness (QED) is 0.426. The molecule has 0 saturated heterocycles. The van der Waals surface area contributed by atoms with Gasteiger partial charge in [0.05, 0.1) is 30.9 Å². The van der Waals surface area contributed by atoms with Crippen molar-refractivity contribution < 1.29 is 9.47 Å². The van der Waals surface area contributed by atoms with Gasteiger partial charge >= 0.3 is 0 Å². The number of hydrogen-bond acceptors (Lipinski definition) is 4. The molecule has 3 heterocycles. The summed E-state index contributed by atoms with van der Waals surface area (Å²) in [6.45, 7) is 0. The van der Waals surface area contributed by atoms with Crippen LogP contribution in [0.4, 0.5) is 0 Å². The third-order valence-corrected chi connectivity index (χ3v) is 5.16. The lowest BCUT2D eigenvalue weighted by molar-refractivity contribution is 0.395. The highest BCUT2D eigenvalue weighted by Crippen LogP contribution is 2.35. The molecule has 0 unspecified atom stereocenters. The van der Waals surface area contributed by atoms with Gasteiger partial charge in [-0.1, -0.05) is 18.2 Å². The zero-order valence-electron chi connectivity index (χ0n) is 16.2. The number of fused-ring (bicyclic) bond motifs is 3. The lowest BCUT2D eigenvalue weighted by Gasteiger charge is -2.12. The van der Waals surface area contributed by atoms with Crippen molar-refractivity contribution in [1.29, 1.82) is 0 Å². The third kappa shape index (κ3) is 2.79. The van der Waals surface area contributed by atoms with Crippen molar-refractivity contribution in [2.75, 3.05) is 14.2 Å². The fourth-order valence-corrected chi connectivity index (χ4v) is 3.81. The number of methoxy groups -OCH3 is 2. The maximum Gasteiger partial charge on any atom is 0.131 e. The summed E-state index contributed by atoms with van der Waals surface area (Å²) in [5, 5.41) is 2.31. The molecule has 0 atom stereocenters. The number of hydrogen-bond donors (Lipinski definition) is 0. The number of aromatic nitrogens is 3. The Morgan fingerprint density at radius 2 is 1.66 bits per heavy atom. The minimum atomic E-state index is 0.723. The van der Waals surface area contributed by atoms with Crippen molar-refractivity contribution in [3.05, 3.63) is 79.3 Å². The molecular formula is C24H19N3O2. The average molecular weight is 381 g/mol. The molecule has 5 heteroatoms. The summed E-state index contributed by atoms with van der Waals surface area (Å²) in [6.07, 6.45) is 5.57. The molecule has 5 nitrogen and oxygen atoms in total. The van der Waals surface area contributed by atoms with Crippen LogP contribution in [0.2, 0.25) is 0 Å². The minimum Gasteiger partial charge on any atom is -0.497 e. The van der Waals surface area contributed by atoms with Crippen LogP contribution >= 0.6 is 0 Å². The summed E-state index contributed by atoms with van der Waals surface area (Å²) < 4.78 is 13.1. The second-order valence-corrected chi connectivity index (χ2v) is 6.71. The Morgan fingerprint density at radius 3 is 2.52 bits per heavy atom. The number of nitrogens with zero attached hydrogens (tertiary/aromatic N) is 3. The van der Waals surface area contributed by atoms with Crippen LogP contribution in [0.1, 0.15) is 0 Å². The van der Waals surface area contributed by atoms with Gasteiger partial charge < -0.3 is 14.0 Å². The van der Waals surface area contributed by atoms with Gasteiger partial charge in [0, 0.05) is 46.7 Å². The Labute approximate surface area is 168 Å². The Morgan fingerprint density at radius 1 is 0.793 bits per heavy atom. The summed E-state index contributed by atoms with van der Waals surface area (Å²) in [5.74, 6) is 1.47. The molecule has 0 spiro atoms. The maximum atomic E-state index is 5.58. The molecule has 5 aromatic rings. The van der Waals surface area contributed by atoms with Crippen LogP contribution < -0.4 is 9.47 Å². The number of benzene rings is 2. The largest absolute Gasteiger partial charge is 0.497 e. The highest BCUT2D eigenvalue weighted by atomic mass is 16.5. The molecule has 0 amide bonds. The highest BCUT2D eigenvalue weighted by molar-refractivity contribution is 6.08. The summed E-state index contributed by atoms with van der Waals surface area (Å²) in [7, 11) is 3.30. The molecule has 0 fully saturated rings. The smallest absolute Gasteiger partial charge is 0.131 e. The van der Waals surface area contributed by atoms with Gasteiger partial charge in [-0.05, 0) is 36.4 Å².